The molecule has 1 aliphatic carbocycles. The molecule has 1 saturated carbocycles. The normalized spacial score (nSPS) is 14.9. The van der Waals surface area contributed by atoms with Crippen molar-refractivity contribution in [1.82, 2.24) is 24.5 Å². The average molecular weight is 521 g/mol. The van der Waals surface area contributed by atoms with Gasteiger partial charge in [0.25, 0.3) is 5.91 Å². The zero-order chi connectivity index (χ0) is 27.3. The number of nitrogens with one attached hydrogen (secondary N) is 2. The molecule has 39 heavy (non-hydrogen) atoms. The summed E-state index contributed by atoms with van der Waals surface area (Å²) in [5, 5.41) is 11.4. The van der Waals surface area contributed by atoms with Crippen LogP contribution in [0, 0.1) is 12.8 Å². The molecule has 6 rings (SSSR count). The number of benzene rings is 2. The fourth-order valence-electron chi connectivity index (χ4n) is 5.03. The van der Waals surface area contributed by atoms with Crippen LogP contribution >= 0.6 is 0 Å². The molecular formula is C31H32N6O2. The topological polar surface area (TPSA) is 93.3 Å². The van der Waals surface area contributed by atoms with Crippen molar-refractivity contribution in [3.8, 4) is 11.1 Å². The fraction of sp³-hybridized carbons (Fsp3) is 0.290. The van der Waals surface area contributed by atoms with Gasteiger partial charge in [-0.25, -0.2) is 4.52 Å². The van der Waals surface area contributed by atoms with Gasteiger partial charge < -0.3 is 9.88 Å². The van der Waals surface area contributed by atoms with Crippen molar-refractivity contribution in [2.24, 2.45) is 13.0 Å². The monoisotopic (exact) mass is 520 g/mol. The lowest BCUT2D eigenvalue weighted by molar-refractivity contribution is -0.117. The van der Waals surface area contributed by atoms with Crippen LogP contribution < -0.4 is 10.6 Å². The minimum atomic E-state index is -0.490. The van der Waals surface area contributed by atoms with E-state index in [0.29, 0.717) is 17.2 Å². The number of rotatable bonds is 7. The molecule has 0 saturated heterocycles. The summed E-state index contributed by atoms with van der Waals surface area (Å²) in [6, 6.07) is 18.4. The predicted molar refractivity (Wildman–Crippen MR) is 153 cm³/mol. The van der Waals surface area contributed by atoms with Gasteiger partial charge in [0.05, 0.1) is 11.1 Å². The maximum absolute atomic E-state index is 13.7. The van der Waals surface area contributed by atoms with Gasteiger partial charge in [-0.2, -0.15) is 4.98 Å². The van der Waals surface area contributed by atoms with E-state index in [1.54, 1.807) is 4.52 Å². The minimum Gasteiger partial charge on any atom is -0.350 e. The molecule has 1 unspecified atom stereocenters. The quantitative estimate of drug-likeness (QED) is 0.292. The van der Waals surface area contributed by atoms with Crippen LogP contribution in [0.15, 0.2) is 67.0 Å². The van der Waals surface area contributed by atoms with E-state index in [1.807, 2.05) is 48.3 Å². The number of nitrogens with zero attached hydrogens (tertiary/aromatic N) is 4. The van der Waals surface area contributed by atoms with E-state index in [0.717, 1.165) is 46.9 Å². The first kappa shape index (κ1) is 24.9. The van der Waals surface area contributed by atoms with E-state index in [9.17, 15) is 9.59 Å². The summed E-state index contributed by atoms with van der Waals surface area (Å²) >= 11 is 0. The van der Waals surface area contributed by atoms with Crippen LogP contribution in [0.2, 0.25) is 0 Å². The first-order valence-electron chi connectivity index (χ1n) is 13.4. The molecule has 3 heterocycles. The third-order valence-electron chi connectivity index (χ3n) is 7.87. The van der Waals surface area contributed by atoms with Gasteiger partial charge in [-0.3, -0.25) is 14.9 Å². The van der Waals surface area contributed by atoms with Crippen LogP contribution in [0.5, 0.6) is 0 Å². The van der Waals surface area contributed by atoms with E-state index < -0.39 is 5.54 Å². The molecule has 0 radical (unpaired) electrons. The molecule has 1 fully saturated rings. The second kappa shape index (κ2) is 9.38. The van der Waals surface area contributed by atoms with Crippen LogP contribution in [-0.4, -0.2) is 31.0 Å². The lowest BCUT2D eigenvalue weighted by Crippen LogP contribution is -2.43. The Hall–Kier alpha value is -4.46. The highest BCUT2D eigenvalue weighted by atomic mass is 16.2. The lowest BCUT2D eigenvalue weighted by Gasteiger charge is -2.30. The number of anilines is 1. The molecule has 0 bridgehead atoms. The maximum Gasteiger partial charge on any atom is 0.254 e. The van der Waals surface area contributed by atoms with Crippen molar-refractivity contribution >= 4 is 34.3 Å². The van der Waals surface area contributed by atoms with Gasteiger partial charge in [-0.1, -0.05) is 42.8 Å². The lowest BCUT2D eigenvalue weighted by atomic mass is 9.88. The zero-order valence-electron chi connectivity index (χ0n) is 22.7. The highest BCUT2D eigenvalue weighted by Crippen LogP contribution is 2.32. The minimum absolute atomic E-state index is 0.0204. The molecule has 2 aromatic carbocycles. The predicted octanol–water partition coefficient (Wildman–Crippen LogP) is 5.60. The standard InChI is InChI=1S/C31H32N6O2/c1-5-31(3,23-11-6-19(2)7-12-23)34-29(39)25-18-36(4)26-13-10-21(16-24(25)26)22-14-15-37-27(17-22)32-30(35-37)33-28(38)20-8-9-20/h6-7,10-18,20H,5,8-9H2,1-4H3,(H,34,39)(H,33,35,38). The van der Waals surface area contributed by atoms with Crippen molar-refractivity contribution in [2.75, 3.05) is 5.32 Å². The molecule has 2 amide bonds. The maximum atomic E-state index is 13.7. The van der Waals surface area contributed by atoms with Gasteiger partial charge in [-0.05, 0) is 74.1 Å². The van der Waals surface area contributed by atoms with E-state index in [4.69, 9.17) is 0 Å². The summed E-state index contributed by atoms with van der Waals surface area (Å²) in [5.74, 6) is 0.275. The Balaban J connectivity index is 1.31. The summed E-state index contributed by atoms with van der Waals surface area (Å²) < 4.78 is 3.64. The van der Waals surface area contributed by atoms with Crippen molar-refractivity contribution in [2.45, 2.75) is 45.6 Å². The zero-order valence-corrected chi connectivity index (χ0v) is 22.7. The van der Waals surface area contributed by atoms with Crippen LogP contribution in [0.3, 0.4) is 0 Å². The van der Waals surface area contributed by atoms with E-state index in [-0.39, 0.29) is 17.7 Å². The summed E-state index contributed by atoms with van der Waals surface area (Å²) in [5.41, 5.74) is 5.95. The highest BCUT2D eigenvalue weighted by Gasteiger charge is 2.30. The van der Waals surface area contributed by atoms with Gasteiger partial charge in [0, 0.05) is 36.3 Å². The molecule has 2 N–H and O–H groups in total. The summed E-state index contributed by atoms with van der Waals surface area (Å²) in [4.78, 5) is 30.3. The number of aryl methyl sites for hydroxylation is 2. The molecule has 198 valence electrons. The third-order valence-corrected chi connectivity index (χ3v) is 7.87. The van der Waals surface area contributed by atoms with Gasteiger partial charge in [0.15, 0.2) is 5.65 Å². The molecule has 8 heteroatoms. The van der Waals surface area contributed by atoms with Crippen LogP contribution in [0.4, 0.5) is 5.95 Å². The Morgan fingerprint density at radius 1 is 1.05 bits per heavy atom. The fourth-order valence-corrected chi connectivity index (χ4v) is 5.03. The average Bonchev–Trinajstić information content (AvgIpc) is 3.63. The second-order valence-electron chi connectivity index (χ2n) is 10.8. The number of amides is 2. The van der Waals surface area contributed by atoms with Gasteiger partial charge in [-0.15, -0.1) is 5.10 Å². The van der Waals surface area contributed by atoms with Crippen molar-refractivity contribution < 1.29 is 9.59 Å². The Labute approximate surface area is 227 Å². The van der Waals surface area contributed by atoms with Crippen molar-refractivity contribution in [3.05, 3.63) is 83.7 Å². The summed E-state index contributed by atoms with van der Waals surface area (Å²) in [6.45, 7) is 6.22. The summed E-state index contributed by atoms with van der Waals surface area (Å²) in [7, 11) is 1.96. The van der Waals surface area contributed by atoms with E-state index in [1.165, 1.54) is 5.56 Å². The molecule has 1 aliphatic rings. The van der Waals surface area contributed by atoms with Crippen molar-refractivity contribution in [1.29, 1.82) is 0 Å². The first-order valence-corrected chi connectivity index (χ1v) is 13.4. The SMILES string of the molecule is CCC(C)(NC(=O)c1cn(C)c2ccc(-c3ccn4nc(NC(=O)C5CC5)nc4c3)cc12)c1ccc(C)cc1. The van der Waals surface area contributed by atoms with Crippen LogP contribution in [0.1, 0.15) is 54.6 Å². The Morgan fingerprint density at radius 3 is 2.51 bits per heavy atom. The number of hydrogen-bond donors (Lipinski definition) is 2. The molecule has 0 aliphatic heterocycles. The van der Waals surface area contributed by atoms with Crippen LogP contribution in [-0.2, 0) is 17.4 Å². The van der Waals surface area contributed by atoms with Crippen LogP contribution in [0.25, 0.3) is 27.7 Å². The molecule has 1 atom stereocenters. The Kier molecular flexibility index (Phi) is 5.98. The molecule has 0 spiro atoms. The first-order chi connectivity index (χ1) is 18.7. The van der Waals surface area contributed by atoms with Gasteiger partial charge in [0.1, 0.15) is 0 Å². The molecule has 8 nitrogen and oxygen atoms in total. The number of carbonyl (C=O) groups excluding carboxylic acids is 2. The molecular weight excluding hydrogens is 488 g/mol. The number of pyridine rings is 1. The third kappa shape index (κ3) is 4.67. The highest BCUT2D eigenvalue weighted by molar-refractivity contribution is 6.08. The second-order valence-corrected chi connectivity index (χ2v) is 10.8. The number of hydrogen-bond acceptors (Lipinski definition) is 4. The van der Waals surface area contributed by atoms with Gasteiger partial charge >= 0.3 is 0 Å². The van der Waals surface area contributed by atoms with Gasteiger partial charge in [0.2, 0.25) is 11.9 Å². The molecule has 3 aromatic heterocycles. The molecule has 5 aromatic rings. The Bertz CT molecular complexity index is 1730. The van der Waals surface area contributed by atoms with E-state index in [2.05, 4.69) is 71.8 Å². The number of fused-ring (bicyclic) bond motifs is 2. The Morgan fingerprint density at radius 2 is 1.79 bits per heavy atom. The number of aromatic nitrogens is 4. The summed E-state index contributed by atoms with van der Waals surface area (Å²) in [6.07, 6.45) is 6.34. The van der Waals surface area contributed by atoms with Crippen molar-refractivity contribution in [3.63, 3.8) is 0 Å². The number of carbonyl (C=O) groups is 2. The smallest absolute Gasteiger partial charge is 0.254 e. The largest absolute Gasteiger partial charge is 0.350 e. The van der Waals surface area contributed by atoms with E-state index >= 15 is 0 Å².